The monoisotopic (exact) mass is 319 g/mol. The van der Waals surface area contributed by atoms with Gasteiger partial charge in [-0.15, -0.1) is 5.10 Å². The van der Waals surface area contributed by atoms with E-state index < -0.39 is 0 Å². The Morgan fingerprint density at radius 2 is 1.65 bits per heavy atom. The highest BCUT2D eigenvalue weighted by atomic mass is 32.1. The Bertz CT molecular complexity index is 1010. The van der Waals surface area contributed by atoms with Crippen LogP contribution in [0.5, 0.6) is 0 Å². The van der Waals surface area contributed by atoms with Crippen LogP contribution in [0.1, 0.15) is 11.4 Å². The van der Waals surface area contributed by atoms with Gasteiger partial charge in [-0.1, -0.05) is 72.0 Å². The largest absolute Gasteiger partial charge is 0.275 e. The maximum Gasteiger partial charge on any atom is 0.275 e. The van der Waals surface area contributed by atoms with Gasteiger partial charge in [0.2, 0.25) is 4.96 Å². The predicted molar refractivity (Wildman–Crippen MR) is 91.8 cm³/mol. The third kappa shape index (κ3) is 2.78. The van der Waals surface area contributed by atoms with E-state index in [0.717, 1.165) is 16.0 Å². The molecule has 0 atom stereocenters. The van der Waals surface area contributed by atoms with Crippen molar-refractivity contribution in [3.8, 4) is 10.4 Å². The molecule has 0 unspecified atom stereocenters. The molecule has 23 heavy (non-hydrogen) atoms. The van der Waals surface area contributed by atoms with Crippen molar-refractivity contribution in [3.05, 3.63) is 88.5 Å². The normalized spacial score (nSPS) is 11.0. The number of nitrogens with zero attached hydrogens (tertiary/aromatic N) is 3. The zero-order valence-electron chi connectivity index (χ0n) is 12.2. The van der Waals surface area contributed by atoms with E-state index in [1.54, 1.807) is 6.07 Å². The lowest BCUT2D eigenvalue weighted by molar-refractivity contribution is 0.878. The van der Waals surface area contributed by atoms with Crippen LogP contribution in [0.4, 0.5) is 0 Å². The summed E-state index contributed by atoms with van der Waals surface area (Å²) in [5, 5.41) is 4.35. The van der Waals surface area contributed by atoms with E-state index in [2.05, 4.69) is 10.1 Å². The minimum absolute atomic E-state index is 0.149. The molecule has 0 aliphatic rings. The van der Waals surface area contributed by atoms with Crippen LogP contribution in [0.3, 0.4) is 0 Å². The zero-order valence-corrected chi connectivity index (χ0v) is 13.0. The van der Waals surface area contributed by atoms with Crippen LogP contribution in [0.25, 0.3) is 15.4 Å². The lowest BCUT2D eigenvalue weighted by atomic mass is 10.1. The lowest BCUT2D eigenvalue weighted by Gasteiger charge is -1.99. The smallest absolute Gasteiger partial charge is 0.267 e. The molecule has 2 heterocycles. The molecule has 4 aromatic rings. The molecule has 5 heteroatoms. The molecule has 0 amide bonds. The summed E-state index contributed by atoms with van der Waals surface area (Å²) in [4.78, 5) is 18.4. The van der Waals surface area contributed by atoms with Crippen molar-refractivity contribution in [3.63, 3.8) is 0 Å². The summed E-state index contributed by atoms with van der Waals surface area (Å²) in [5.74, 6) is 0.662. The standard InChI is InChI=1S/C18H13N3OS/c22-17-12-15(14-9-5-2-6-10-14)23-18-19-16(20-21(17)18)11-13-7-3-1-4-8-13/h1-10,12H,11H2. The Hall–Kier alpha value is -2.79. The van der Waals surface area contributed by atoms with Crippen molar-refractivity contribution >= 4 is 16.3 Å². The Morgan fingerprint density at radius 3 is 2.39 bits per heavy atom. The van der Waals surface area contributed by atoms with Crippen LogP contribution in [0.15, 0.2) is 71.5 Å². The van der Waals surface area contributed by atoms with Gasteiger partial charge >= 0.3 is 0 Å². The number of benzene rings is 2. The van der Waals surface area contributed by atoms with Crippen molar-refractivity contribution < 1.29 is 0 Å². The SMILES string of the molecule is O=c1cc(-c2ccccc2)sc2nc(Cc3ccccc3)nn12. The number of aromatic nitrogens is 3. The Morgan fingerprint density at radius 1 is 0.957 bits per heavy atom. The van der Waals surface area contributed by atoms with Crippen molar-refractivity contribution in [2.45, 2.75) is 6.42 Å². The third-order valence-corrected chi connectivity index (χ3v) is 4.57. The van der Waals surface area contributed by atoms with E-state index >= 15 is 0 Å². The first kappa shape index (κ1) is 13.8. The first-order valence-electron chi connectivity index (χ1n) is 7.29. The quantitative estimate of drug-likeness (QED) is 0.581. The first-order valence-corrected chi connectivity index (χ1v) is 8.10. The highest BCUT2D eigenvalue weighted by molar-refractivity contribution is 7.19. The van der Waals surface area contributed by atoms with Gasteiger partial charge < -0.3 is 0 Å². The molecule has 0 saturated heterocycles. The van der Waals surface area contributed by atoms with Crippen molar-refractivity contribution in [1.82, 2.24) is 14.6 Å². The molecule has 0 N–H and O–H groups in total. The van der Waals surface area contributed by atoms with Gasteiger partial charge in [0.15, 0.2) is 5.82 Å². The Labute approximate surface area is 136 Å². The van der Waals surface area contributed by atoms with Crippen LogP contribution in [-0.4, -0.2) is 14.6 Å². The summed E-state index contributed by atoms with van der Waals surface area (Å²) in [6.45, 7) is 0. The second-order valence-electron chi connectivity index (χ2n) is 5.20. The van der Waals surface area contributed by atoms with Gasteiger partial charge in [0.1, 0.15) is 0 Å². The fourth-order valence-electron chi connectivity index (χ4n) is 2.45. The van der Waals surface area contributed by atoms with Crippen molar-refractivity contribution in [1.29, 1.82) is 0 Å². The van der Waals surface area contributed by atoms with E-state index in [4.69, 9.17) is 0 Å². The van der Waals surface area contributed by atoms with E-state index in [-0.39, 0.29) is 5.56 Å². The third-order valence-electron chi connectivity index (χ3n) is 3.55. The average molecular weight is 319 g/mol. The van der Waals surface area contributed by atoms with Gasteiger partial charge in [0.25, 0.3) is 5.56 Å². The van der Waals surface area contributed by atoms with Crippen LogP contribution in [0, 0.1) is 0 Å². The van der Waals surface area contributed by atoms with E-state index in [9.17, 15) is 4.79 Å². The fourth-order valence-corrected chi connectivity index (χ4v) is 3.43. The van der Waals surface area contributed by atoms with Crippen molar-refractivity contribution in [2.24, 2.45) is 0 Å². The summed E-state index contributed by atoms with van der Waals surface area (Å²) in [6, 6.07) is 21.5. The van der Waals surface area contributed by atoms with Crippen LogP contribution < -0.4 is 5.56 Å². The van der Waals surface area contributed by atoms with Gasteiger partial charge in [-0.2, -0.15) is 4.52 Å². The van der Waals surface area contributed by atoms with Gasteiger partial charge in [-0.25, -0.2) is 4.98 Å². The molecular formula is C18H13N3OS. The zero-order chi connectivity index (χ0) is 15.6. The number of rotatable bonds is 3. The highest BCUT2D eigenvalue weighted by Gasteiger charge is 2.10. The predicted octanol–water partition coefficient (Wildman–Crippen LogP) is 3.41. The fraction of sp³-hybridized carbons (Fsp3) is 0.0556. The first-order chi connectivity index (χ1) is 11.3. The Kier molecular flexibility index (Phi) is 3.48. The van der Waals surface area contributed by atoms with Crippen molar-refractivity contribution in [2.75, 3.05) is 0 Å². The van der Waals surface area contributed by atoms with Crippen LogP contribution >= 0.6 is 11.3 Å². The molecule has 4 rings (SSSR count). The summed E-state index contributed by atoms with van der Waals surface area (Å²) in [6.07, 6.45) is 0.620. The lowest BCUT2D eigenvalue weighted by Crippen LogP contribution is -2.11. The minimum atomic E-state index is -0.149. The summed E-state index contributed by atoms with van der Waals surface area (Å²) in [7, 11) is 0. The topological polar surface area (TPSA) is 47.3 Å². The summed E-state index contributed by atoms with van der Waals surface area (Å²) < 4.78 is 1.38. The maximum atomic E-state index is 12.3. The number of fused-ring (bicyclic) bond motifs is 1. The van der Waals surface area contributed by atoms with Gasteiger partial charge in [-0.05, 0) is 11.1 Å². The molecule has 0 aliphatic heterocycles. The van der Waals surface area contributed by atoms with E-state index in [0.29, 0.717) is 17.2 Å². The van der Waals surface area contributed by atoms with Crippen LogP contribution in [0.2, 0.25) is 0 Å². The van der Waals surface area contributed by atoms with Crippen LogP contribution in [-0.2, 0) is 6.42 Å². The second kappa shape index (κ2) is 5.78. The molecule has 4 nitrogen and oxygen atoms in total. The molecule has 0 aliphatic carbocycles. The molecule has 0 radical (unpaired) electrons. The molecule has 2 aromatic heterocycles. The molecule has 0 bridgehead atoms. The Balaban J connectivity index is 1.77. The van der Waals surface area contributed by atoms with Gasteiger partial charge in [0.05, 0.1) is 0 Å². The second-order valence-corrected chi connectivity index (χ2v) is 6.21. The maximum absolute atomic E-state index is 12.3. The average Bonchev–Trinajstić information content (AvgIpc) is 2.99. The van der Waals surface area contributed by atoms with Gasteiger partial charge in [0, 0.05) is 17.4 Å². The number of hydrogen-bond acceptors (Lipinski definition) is 4. The molecule has 0 spiro atoms. The number of hydrogen-bond donors (Lipinski definition) is 0. The van der Waals surface area contributed by atoms with E-state index in [1.165, 1.54) is 15.9 Å². The van der Waals surface area contributed by atoms with E-state index in [1.807, 2.05) is 60.7 Å². The summed E-state index contributed by atoms with van der Waals surface area (Å²) >= 11 is 1.47. The van der Waals surface area contributed by atoms with Gasteiger partial charge in [-0.3, -0.25) is 4.79 Å². The minimum Gasteiger partial charge on any atom is -0.267 e. The molecule has 112 valence electrons. The molecule has 2 aromatic carbocycles. The molecule has 0 fully saturated rings. The molecule has 0 saturated carbocycles. The highest BCUT2D eigenvalue weighted by Crippen LogP contribution is 2.24. The summed E-state index contributed by atoms with van der Waals surface area (Å²) in [5.41, 5.74) is 2.00. The molecular weight excluding hydrogens is 306 g/mol.